The topological polar surface area (TPSA) is 116 Å². The third kappa shape index (κ3) is 4.07. The first-order valence-electron chi connectivity index (χ1n) is 6.83. The zero-order chi connectivity index (χ0) is 17.7. The van der Waals surface area contributed by atoms with E-state index in [1.807, 2.05) is 0 Å². The second-order valence-corrected chi connectivity index (χ2v) is 4.74. The van der Waals surface area contributed by atoms with Crippen LogP contribution in [0, 0.1) is 10.1 Å². The zero-order valence-corrected chi connectivity index (χ0v) is 12.5. The highest BCUT2D eigenvalue weighted by atomic mass is 16.6. The largest absolute Gasteiger partial charge is 0.479 e. The number of hydrogen-bond acceptors (Lipinski definition) is 6. The second-order valence-electron chi connectivity index (χ2n) is 4.74. The average Bonchev–Trinajstić information content (AvgIpc) is 2.55. The van der Waals surface area contributed by atoms with E-state index in [9.17, 15) is 19.7 Å². The summed E-state index contributed by atoms with van der Waals surface area (Å²) < 4.78 is 10.4. The first-order valence-corrected chi connectivity index (χ1v) is 6.83. The summed E-state index contributed by atoms with van der Waals surface area (Å²) in [5, 5.41) is 19.4. The molecular weight excluding hydrogens is 318 g/mol. The summed E-state index contributed by atoms with van der Waals surface area (Å²) in [5.74, 6) is -1.68. The van der Waals surface area contributed by atoms with E-state index in [4.69, 9.17) is 14.6 Å². The van der Waals surface area contributed by atoms with Crippen LogP contribution >= 0.6 is 0 Å². The highest BCUT2D eigenvalue weighted by Crippen LogP contribution is 2.27. The van der Waals surface area contributed by atoms with Crippen molar-refractivity contribution in [1.82, 2.24) is 0 Å². The third-order valence-corrected chi connectivity index (χ3v) is 3.01. The van der Waals surface area contributed by atoms with Crippen molar-refractivity contribution in [1.29, 1.82) is 0 Å². The van der Waals surface area contributed by atoms with Crippen molar-refractivity contribution in [3.63, 3.8) is 0 Å². The fourth-order valence-electron chi connectivity index (χ4n) is 1.76. The van der Waals surface area contributed by atoms with Crippen molar-refractivity contribution in [2.75, 3.05) is 0 Å². The van der Waals surface area contributed by atoms with Crippen LogP contribution < -0.4 is 4.74 Å². The van der Waals surface area contributed by atoms with Crippen LogP contribution in [0.5, 0.6) is 11.5 Å². The predicted molar refractivity (Wildman–Crippen MR) is 82.1 cm³/mol. The Kier molecular flexibility index (Phi) is 5.10. The number of nitrogens with zero attached hydrogens (tertiary/aromatic N) is 1. The molecule has 124 valence electrons. The lowest BCUT2D eigenvalue weighted by atomic mass is 10.2. The molecule has 0 aliphatic carbocycles. The number of nitro groups is 1. The number of ether oxygens (including phenoxy) is 2. The van der Waals surface area contributed by atoms with Crippen LogP contribution in [-0.4, -0.2) is 28.1 Å². The van der Waals surface area contributed by atoms with Gasteiger partial charge in [0.25, 0.3) is 5.69 Å². The van der Waals surface area contributed by atoms with Gasteiger partial charge in [-0.1, -0.05) is 12.1 Å². The minimum atomic E-state index is -1.30. The molecule has 1 atom stereocenters. The zero-order valence-electron chi connectivity index (χ0n) is 12.5. The van der Waals surface area contributed by atoms with Crippen LogP contribution in [0.2, 0.25) is 0 Å². The maximum Gasteiger partial charge on any atom is 0.344 e. The molecule has 0 fully saturated rings. The highest BCUT2D eigenvalue weighted by molar-refractivity contribution is 5.94. The second kappa shape index (κ2) is 7.23. The first kappa shape index (κ1) is 16.9. The Labute approximate surface area is 136 Å². The molecule has 0 saturated heterocycles. The van der Waals surface area contributed by atoms with Gasteiger partial charge in [0.1, 0.15) is 17.1 Å². The third-order valence-electron chi connectivity index (χ3n) is 3.01. The first-order chi connectivity index (χ1) is 11.4. The highest BCUT2D eigenvalue weighted by Gasteiger charge is 2.20. The molecule has 0 aliphatic heterocycles. The molecule has 0 heterocycles. The lowest BCUT2D eigenvalue weighted by Gasteiger charge is -2.12. The van der Waals surface area contributed by atoms with Crippen molar-refractivity contribution in [3.05, 3.63) is 64.2 Å². The fourth-order valence-corrected chi connectivity index (χ4v) is 1.76. The lowest BCUT2D eigenvalue weighted by Crippen LogP contribution is -2.23. The number of carbonyl (C=O) groups is 2. The van der Waals surface area contributed by atoms with E-state index < -0.39 is 23.0 Å². The van der Waals surface area contributed by atoms with Gasteiger partial charge in [0.05, 0.1) is 4.92 Å². The van der Waals surface area contributed by atoms with Gasteiger partial charge in [-0.3, -0.25) is 10.1 Å². The average molecular weight is 331 g/mol. The summed E-state index contributed by atoms with van der Waals surface area (Å²) in [6, 6.07) is 11.4. The molecule has 0 spiro atoms. The number of aliphatic carboxylic acids is 1. The molecule has 24 heavy (non-hydrogen) atoms. The number of benzene rings is 2. The van der Waals surface area contributed by atoms with Crippen molar-refractivity contribution in [3.8, 4) is 11.5 Å². The predicted octanol–water partition coefficient (Wildman–Crippen LogP) is 3.02. The van der Waals surface area contributed by atoms with Gasteiger partial charge < -0.3 is 14.6 Å². The molecule has 0 saturated carbocycles. The van der Waals surface area contributed by atoms with E-state index in [-0.39, 0.29) is 22.7 Å². The van der Waals surface area contributed by atoms with E-state index in [2.05, 4.69) is 0 Å². The maximum atomic E-state index is 12.1. The van der Waals surface area contributed by atoms with Crippen molar-refractivity contribution in [2.24, 2.45) is 0 Å². The number of hydrogen-bond donors (Lipinski definition) is 1. The molecule has 1 unspecified atom stereocenters. The van der Waals surface area contributed by atoms with Crippen LogP contribution in [0.4, 0.5) is 5.69 Å². The summed E-state index contributed by atoms with van der Waals surface area (Å²) in [4.78, 5) is 32.9. The Morgan fingerprint density at radius 1 is 1.12 bits per heavy atom. The Bertz CT molecular complexity index is 770. The summed E-state index contributed by atoms with van der Waals surface area (Å²) in [6.07, 6.45) is -1.30. The van der Waals surface area contributed by atoms with Gasteiger partial charge in [0, 0.05) is 12.1 Å². The molecule has 2 rings (SSSR count). The summed E-state index contributed by atoms with van der Waals surface area (Å²) >= 11 is 0. The van der Waals surface area contributed by atoms with Gasteiger partial charge in [-0.2, -0.15) is 0 Å². The van der Waals surface area contributed by atoms with Gasteiger partial charge in [-0.25, -0.2) is 9.59 Å². The molecule has 1 N–H and O–H groups in total. The molecule has 0 amide bonds. The fraction of sp³-hybridized carbons (Fsp3) is 0.125. The van der Waals surface area contributed by atoms with Crippen molar-refractivity contribution < 1.29 is 29.1 Å². The molecule has 2 aromatic rings. The Balaban J connectivity index is 2.20. The standard InChI is InChI=1S/C16H13NO7/c1-10(15(18)19)23-16(20)13-4-2-3-5-14(13)24-12-8-6-11(7-9-12)17(21)22/h2-10H,1H3,(H,18,19). The number of para-hydroxylation sites is 1. The minimum Gasteiger partial charge on any atom is -0.479 e. The van der Waals surface area contributed by atoms with E-state index >= 15 is 0 Å². The van der Waals surface area contributed by atoms with E-state index in [0.29, 0.717) is 0 Å². The number of rotatable bonds is 6. The van der Waals surface area contributed by atoms with Crippen LogP contribution in [0.1, 0.15) is 17.3 Å². The van der Waals surface area contributed by atoms with Gasteiger partial charge in [0.15, 0.2) is 6.10 Å². The Hall–Kier alpha value is -3.42. The van der Waals surface area contributed by atoms with Gasteiger partial charge in [-0.15, -0.1) is 0 Å². The monoisotopic (exact) mass is 331 g/mol. The molecule has 8 heteroatoms. The Morgan fingerprint density at radius 2 is 1.75 bits per heavy atom. The maximum absolute atomic E-state index is 12.1. The smallest absolute Gasteiger partial charge is 0.344 e. The van der Waals surface area contributed by atoms with Crippen molar-refractivity contribution >= 4 is 17.6 Å². The van der Waals surface area contributed by atoms with Gasteiger partial charge in [0.2, 0.25) is 0 Å². The number of esters is 1. The minimum absolute atomic E-state index is 0.0453. The van der Waals surface area contributed by atoms with E-state index in [0.717, 1.165) is 0 Å². The van der Waals surface area contributed by atoms with Gasteiger partial charge in [-0.05, 0) is 31.2 Å². The molecular formula is C16H13NO7. The normalized spacial score (nSPS) is 11.4. The molecule has 0 aliphatic rings. The van der Waals surface area contributed by atoms with Gasteiger partial charge >= 0.3 is 11.9 Å². The number of carboxylic acids is 1. The van der Waals surface area contributed by atoms with E-state index in [1.54, 1.807) is 12.1 Å². The molecule has 8 nitrogen and oxygen atoms in total. The number of nitro benzene ring substituents is 1. The summed E-state index contributed by atoms with van der Waals surface area (Å²) in [6.45, 7) is 1.24. The van der Waals surface area contributed by atoms with Crippen LogP contribution in [0.15, 0.2) is 48.5 Å². The Morgan fingerprint density at radius 3 is 2.33 bits per heavy atom. The van der Waals surface area contributed by atoms with Crippen LogP contribution in [0.25, 0.3) is 0 Å². The number of carbonyl (C=O) groups excluding carboxylic acids is 1. The summed E-state index contributed by atoms with van der Waals surface area (Å²) in [7, 11) is 0. The number of carboxylic acid groups (broad SMARTS) is 1. The lowest BCUT2D eigenvalue weighted by molar-refractivity contribution is -0.384. The number of non-ortho nitro benzene ring substituents is 1. The SMILES string of the molecule is CC(OC(=O)c1ccccc1Oc1ccc([N+](=O)[O-])cc1)C(=O)O. The van der Waals surface area contributed by atoms with E-state index in [1.165, 1.54) is 43.3 Å². The summed E-state index contributed by atoms with van der Waals surface area (Å²) in [5.41, 5.74) is -0.0470. The van der Waals surface area contributed by atoms with Crippen LogP contribution in [0.3, 0.4) is 0 Å². The quantitative estimate of drug-likeness (QED) is 0.491. The molecule has 0 bridgehead atoms. The molecule has 0 aromatic heterocycles. The molecule has 0 radical (unpaired) electrons. The van der Waals surface area contributed by atoms with Crippen molar-refractivity contribution in [2.45, 2.75) is 13.0 Å². The molecule has 2 aromatic carbocycles. The van der Waals surface area contributed by atoms with Crippen LogP contribution in [-0.2, 0) is 9.53 Å².